The van der Waals surface area contributed by atoms with Crippen molar-refractivity contribution in [3.05, 3.63) is 23.4 Å². The first-order chi connectivity index (χ1) is 9.15. The van der Waals surface area contributed by atoms with Crippen LogP contribution in [0.1, 0.15) is 37.6 Å². The van der Waals surface area contributed by atoms with Crippen molar-refractivity contribution in [2.24, 2.45) is 0 Å². The molecule has 0 radical (unpaired) electrons. The second kappa shape index (κ2) is 6.35. The Balaban J connectivity index is 2.08. The molecule has 0 aliphatic carbocycles. The molecule has 0 aromatic carbocycles. The van der Waals surface area contributed by atoms with Crippen molar-refractivity contribution in [2.75, 3.05) is 37.6 Å². The van der Waals surface area contributed by atoms with Crippen molar-refractivity contribution in [3.8, 4) is 0 Å². The lowest BCUT2D eigenvalue weighted by molar-refractivity contribution is 0.172. The molecule has 1 saturated heterocycles. The topological polar surface area (TPSA) is 39.6 Å². The van der Waals surface area contributed by atoms with Gasteiger partial charge in [-0.1, -0.05) is 19.9 Å². The number of likely N-dealkylation sites (N-methyl/N-ethyl adjacent to an activating group) is 1. The molecule has 0 amide bonds. The zero-order valence-corrected chi connectivity index (χ0v) is 12.3. The van der Waals surface area contributed by atoms with Crippen molar-refractivity contribution in [1.82, 2.24) is 9.88 Å². The molecule has 1 aliphatic rings. The van der Waals surface area contributed by atoms with Gasteiger partial charge in [-0.15, -0.1) is 0 Å². The highest BCUT2D eigenvalue weighted by atomic mass is 16.3. The Morgan fingerprint density at radius 1 is 1.21 bits per heavy atom. The molecular weight excluding hydrogens is 238 g/mol. The number of aromatic nitrogens is 1. The first kappa shape index (κ1) is 14.3. The van der Waals surface area contributed by atoms with Gasteiger partial charge in [0.2, 0.25) is 0 Å². The Morgan fingerprint density at radius 3 is 2.42 bits per heavy atom. The monoisotopic (exact) mass is 263 g/mol. The van der Waals surface area contributed by atoms with Gasteiger partial charge in [-0.3, -0.25) is 0 Å². The fraction of sp³-hybridized carbons (Fsp3) is 0.667. The van der Waals surface area contributed by atoms with Crippen LogP contribution in [0.5, 0.6) is 0 Å². The minimum Gasteiger partial charge on any atom is -0.388 e. The van der Waals surface area contributed by atoms with E-state index in [1.807, 2.05) is 26.0 Å². The SMILES string of the molecule is CC[C@H](O)c1ccc(N2CCN(CC)CC2)nc1C. The molecule has 2 rings (SSSR count). The number of anilines is 1. The van der Waals surface area contributed by atoms with Gasteiger partial charge in [-0.05, 0) is 26.0 Å². The molecule has 1 atom stereocenters. The summed E-state index contributed by atoms with van der Waals surface area (Å²) in [6.45, 7) is 11.6. The van der Waals surface area contributed by atoms with Crippen LogP contribution in [0.3, 0.4) is 0 Å². The molecule has 2 heterocycles. The molecule has 0 bridgehead atoms. The zero-order valence-electron chi connectivity index (χ0n) is 12.3. The van der Waals surface area contributed by atoms with Gasteiger partial charge in [0.15, 0.2) is 0 Å². The molecule has 1 aromatic rings. The first-order valence-corrected chi connectivity index (χ1v) is 7.28. The lowest BCUT2D eigenvalue weighted by Crippen LogP contribution is -2.46. The smallest absolute Gasteiger partial charge is 0.128 e. The molecule has 19 heavy (non-hydrogen) atoms. The van der Waals surface area contributed by atoms with E-state index in [9.17, 15) is 5.11 Å². The highest BCUT2D eigenvalue weighted by Crippen LogP contribution is 2.22. The molecule has 1 fully saturated rings. The van der Waals surface area contributed by atoms with Gasteiger partial charge in [0, 0.05) is 37.4 Å². The Morgan fingerprint density at radius 2 is 1.89 bits per heavy atom. The number of hydrogen-bond acceptors (Lipinski definition) is 4. The van der Waals surface area contributed by atoms with Crippen molar-refractivity contribution >= 4 is 5.82 Å². The number of pyridine rings is 1. The molecule has 4 nitrogen and oxygen atoms in total. The normalized spacial score (nSPS) is 18.6. The molecule has 1 aromatic heterocycles. The number of aryl methyl sites for hydroxylation is 1. The quantitative estimate of drug-likeness (QED) is 0.901. The highest BCUT2D eigenvalue weighted by Gasteiger charge is 2.18. The first-order valence-electron chi connectivity index (χ1n) is 7.28. The predicted octanol–water partition coefficient (Wildman–Crippen LogP) is 1.98. The second-order valence-electron chi connectivity index (χ2n) is 5.19. The third-order valence-corrected chi connectivity index (χ3v) is 4.00. The van der Waals surface area contributed by atoms with Gasteiger partial charge in [0.05, 0.1) is 6.10 Å². The molecule has 1 N–H and O–H groups in total. The van der Waals surface area contributed by atoms with Crippen LogP contribution in [0.2, 0.25) is 0 Å². The maximum Gasteiger partial charge on any atom is 0.128 e. The van der Waals surface area contributed by atoms with Crippen LogP contribution in [0, 0.1) is 6.92 Å². The summed E-state index contributed by atoms with van der Waals surface area (Å²) in [7, 11) is 0. The van der Waals surface area contributed by atoms with Crippen LogP contribution in [0.25, 0.3) is 0 Å². The van der Waals surface area contributed by atoms with Gasteiger partial charge in [-0.2, -0.15) is 0 Å². The van der Waals surface area contributed by atoms with E-state index < -0.39 is 6.10 Å². The Labute approximate surface area is 116 Å². The van der Waals surface area contributed by atoms with Crippen LogP contribution < -0.4 is 4.90 Å². The molecule has 0 unspecified atom stereocenters. The summed E-state index contributed by atoms with van der Waals surface area (Å²) in [6, 6.07) is 4.07. The third-order valence-electron chi connectivity index (χ3n) is 4.00. The van der Waals surface area contributed by atoms with E-state index in [-0.39, 0.29) is 0 Å². The number of aliphatic hydroxyl groups is 1. The molecule has 1 aliphatic heterocycles. The molecule has 0 saturated carbocycles. The largest absolute Gasteiger partial charge is 0.388 e. The lowest BCUT2D eigenvalue weighted by atomic mass is 10.1. The predicted molar refractivity (Wildman–Crippen MR) is 78.6 cm³/mol. The van der Waals surface area contributed by atoms with E-state index in [0.29, 0.717) is 0 Å². The van der Waals surface area contributed by atoms with Crippen LogP contribution in [0.4, 0.5) is 5.82 Å². The van der Waals surface area contributed by atoms with Crippen LogP contribution in [-0.4, -0.2) is 47.7 Å². The van der Waals surface area contributed by atoms with E-state index in [0.717, 1.165) is 56.2 Å². The fourth-order valence-electron chi connectivity index (χ4n) is 2.60. The Bertz CT molecular complexity index is 414. The molecule has 4 heteroatoms. The highest BCUT2D eigenvalue weighted by molar-refractivity contribution is 5.42. The molecule has 106 valence electrons. The van der Waals surface area contributed by atoms with E-state index >= 15 is 0 Å². The summed E-state index contributed by atoms with van der Waals surface area (Å²) in [6.07, 6.45) is 0.343. The van der Waals surface area contributed by atoms with E-state index in [4.69, 9.17) is 0 Å². The van der Waals surface area contributed by atoms with Crippen LogP contribution in [-0.2, 0) is 0 Å². The number of piperazine rings is 1. The number of hydrogen-bond donors (Lipinski definition) is 1. The van der Waals surface area contributed by atoms with Crippen molar-refractivity contribution < 1.29 is 5.11 Å². The average Bonchev–Trinajstić information content (AvgIpc) is 2.46. The van der Waals surface area contributed by atoms with Gasteiger partial charge in [0.1, 0.15) is 5.82 Å². The van der Waals surface area contributed by atoms with Crippen molar-refractivity contribution in [1.29, 1.82) is 0 Å². The lowest BCUT2D eigenvalue weighted by Gasteiger charge is -2.35. The van der Waals surface area contributed by atoms with Crippen LogP contribution in [0.15, 0.2) is 12.1 Å². The van der Waals surface area contributed by atoms with E-state index in [2.05, 4.69) is 21.7 Å². The Hall–Kier alpha value is -1.13. The van der Waals surface area contributed by atoms with Crippen molar-refractivity contribution in [2.45, 2.75) is 33.3 Å². The standard InChI is InChI=1S/C15H25N3O/c1-4-14(19)13-6-7-15(16-12(13)3)18-10-8-17(5-2)9-11-18/h6-7,14,19H,4-5,8-11H2,1-3H3/t14-/m0/s1. The molecular formula is C15H25N3O. The Kier molecular flexibility index (Phi) is 4.77. The second-order valence-corrected chi connectivity index (χ2v) is 5.19. The summed E-state index contributed by atoms with van der Waals surface area (Å²) in [5, 5.41) is 9.92. The summed E-state index contributed by atoms with van der Waals surface area (Å²) in [4.78, 5) is 9.46. The summed E-state index contributed by atoms with van der Waals surface area (Å²) in [5.41, 5.74) is 1.91. The van der Waals surface area contributed by atoms with Crippen LogP contribution >= 0.6 is 0 Å². The minimum absolute atomic E-state index is 0.390. The van der Waals surface area contributed by atoms with Gasteiger partial charge < -0.3 is 14.9 Å². The number of rotatable bonds is 4. The minimum atomic E-state index is -0.390. The third kappa shape index (κ3) is 3.25. The summed E-state index contributed by atoms with van der Waals surface area (Å²) < 4.78 is 0. The number of nitrogens with zero attached hydrogens (tertiary/aromatic N) is 3. The summed E-state index contributed by atoms with van der Waals surface area (Å²) >= 11 is 0. The van der Waals surface area contributed by atoms with E-state index in [1.165, 1.54) is 0 Å². The fourth-order valence-corrected chi connectivity index (χ4v) is 2.60. The average molecular weight is 263 g/mol. The maximum absolute atomic E-state index is 9.92. The van der Waals surface area contributed by atoms with E-state index in [1.54, 1.807) is 0 Å². The summed E-state index contributed by atoms with van der Waals surface area (Å²) in [5.74, 6) is 1.04. The number of aliphatic hydroxyl groups excluding tert-OH is 1. The zero-order chi connectivity index (χ0) is 13.8. The van der Waals surface area contributed by atoms with Gasteiger partial charge in [0.25, 0.3) is 0 Å². The van der Waals surface area contributed by atoms with Gasteiger partial charge in [-0.25, -0.2) is 4.98 Å². The molecule has 0 spiro atoms. The van der Waals surface area contributed by atoms with Gasteiger partial charge >= 0.3 is 0 Å². The van der Waals surface area contributed by atoms with Crippen molar-refractivity contribution in [3.63, 3.8) is 0 Å². The maximum atomic E-state index is 9.92.